The molecule has 0 radical (unpaired) electrons. The summed E-state index contributed by atoms with van der Waals surface area (Å²) in [5.41, 5.74) is -0.686. The van der Waals surface area contributed by atoms with Gasteiger partial charge in [0.1, 0.15) is 11.0 Å². The lowest BCUT2D eigenvalue weighted by molar-refractivity contribution is -0.156. The maximum atomic E-state index is 12.6. The first-order valence-corrected chi connectivity index (χ1v) is 6.99. The molecule has 0 aliphatic carbocycles. The molecule has 0 spiro atoms. The zero-order chi connectivity index (χ0) is 15.8. The largest absolute Gasteiger partial charge is 0.467 e. The molecule has 4 nitrogen and oxygen atoms in total. The van der Waals surface area contributed by atoms with Crippen LogP contribution in [0, 0.1) is 0 Å². The van der Waals surface area contributed by atoms with Gasteiger partial charge in [-0.15, -0.1) is 0 Å². The minimum Gasteiger partial charge on any atom is -0.467 e. The Morgan fingerprint density at radius 2 is 1.75 bits per heavy atom. The highest BCUT2D eigenvalue weighted by atomic mass is 32.5. The number of carbonyl (C=O) groups excluding carboxylic acids is 1. The molecule has 0 saturated carbocycles. The maximum absolute atomic E-state index is 12.6. The Morgan fingerprint density at radius 3 is 2.20 bits per heavy atom. The van der Waals surface area contributed by atoms with Crippen molar-refractivity contribution in [3.05, 3.63) is 29.8 Å². The fraction of sp³-hybridized carbons (Fsp3) is 0.300. The van der Waals surface area contributed by atoms with Crippen molar-refractivity contribution in [1.29, 1.82) is 0 Å². The van der Waals surface area contributed by atoms with Crippen LogP contribution in [0.25, 0.3) is 0 Å². The van der Waals surface area contributed by atoms with E-state index in [-0.39, 0.29) is 12.1 Å². The molecule has 20 heavy (non-hydrogen) atoms. The van der Waals surface area contributed by atoms with Crippen LogP contribution in [0.2, 0.25) is 0 Å². The number of methoxy groups -OCH3 is 1. The van der Waals surface area contributed by atoms with Crippen molar-refractivity contribution in [2.45, 2.75) is 17.1 Å². The lowest BCUT2D eigenvalue weighted by atomic mass is 10.0. The van der Waals surface area contributed by atoms with E-state index < -0.39 is 38.9 Å². The third-order valence-corrected chi connectivity index (χ3v) is 3.53. The fourth-order valence-corrected chi connectivity index (χ4v) is 2.06. The number of esters is 1. The van der Waals surface area contributed by atoms with E-state index in [9.17, 15) is 34.4 Å². The van der Waals surface area contributed by atoms with Gasteiger partial charge in [0.05, 0.1) is 7.11 Å². The number of ether oxygens (including phenoxy) is 1. The number of hydrogen-bond acceptors (Lipinski definition) is 4. The van der Waals surface area contributed by atoms with Crippen LogP contribution < -0.4 is 0 Å². The van der Waals surface area contributed by atoms with Crippen LogP contribution in [-0.2, 0) is 9.53 Å². The molecule has 1 rings (SSSR count). The fourth-order valence-electron chi connectivity index (χ4n) is 1.37. The summed E-state index contributed by atoms with van der Waals surface area (Å²) in [5, 5.41) is 18.8. The molecule has 2 atom stereocenters. The average molecular weight is 322 g/mol. The number of aliphatic hydroxyl groups excluding tert-OH is 2. The predicted molar refractivity (Wildman–Crippen MR) is 60.8 cm³/mol. The second-order valence-corrected chi connectivity index (χ2v) is 6.36. The van der Waals surface area contributed by atoms with Crippen molar-refractivity contribution in [2.75, 3.05) is 7.11 Å². The summed E-state index contributed by atoms with van der Waals surface area (Å²) in [7, 11) is -9.02. The van der Waals surface area contributed by atoms with Gasteiger partial charge in [0.15, 0.2) is 6.10 Å². The standard InChI is InChI=1S/C10H11F5O4S/c1-19-10(18)9(17)8(16)6-3-2-4-7(5-6)20(11,12,13,14)15/h2-5,8-9,16-17H,1H3. The molecule has 2 N–H and O–H groups in total. The van der Waals surface area contributed by atoms with Crippen LogP contribution in [0.1, 0.15) is 11.7 Å². The van der Waals surface area contributed by atoms with Crippen molar-refractivity contribution in [3.8, 4) is 0 Å². The van der Waals surface area contributed by atoms with Gasteiger partial charge in [0.2, 0.25) is 0 Å². The average Bonchev–Trinajstić information content (AvgIpc) is 2.33. The number of aliphatic hydroxyl groups is 2. The molecule has 10 heteroatoms. The van der Waals surface area contributed by atoms with Crippen LogP contribution >= 0.6 is 10.2 Å². The molecule has 0 saturated heterocycles. The minimum atomic E-state index is -9.90. The molecule has 1 aromatic carbocycles. The van der Waals surface area contributed by atoms with Crippen LogP contribution in [0.4, 0.5) is 19.4 Å². The highest BCUT2D eigenvalue weighted by Crippen LogP contribution is 3.02. The Balaban J connectivity index is 3.22. The summed E-state index contributed by atoms with van der Waals surface area (Å²) in [6, 6.07) is 1.63. The molecule has 0 aliphatic rings. The third-order valence-electron chi connectivity index (χ3n) is 2.39. The van der Waals surface area contributed by atoms with E-state index in [0.29, 0.717) is 6.07 Å². The Labute approximate surface area is 110 Å². The highest BCUT2D eigenvalue weighted by molar-refractivity contribution is 8.45. The van der Waals surface area contributed by atoms with Crippen molar-refractivity contribution in [3.63, 3.8) is 0 Å². The number of rotatable bonds is 4. The highest BCUT2D eigenvalue weighted by Gasteiger charge is 2.65. The lowest BCUT2D eigenvalue weighted by Gasteiger charge is -2.40. The summed E-state index contributed by atoms with van der Waals surface area (Å²) in [4.78, 5) is 8.72. The van der Waals surface area contributed by atoms with E-state index in [1.807, 2.05) is 0 Å². The van der Waals surface area contributed by atoms with Crippen LogP contribution in [0.3, 0.4) is 0 Å². The van der Waals surface area contributed by atoms with Crippen molar-refractivity contribution in [1.82, 2.24) is 0 Å². The van der Waals surface area contributed by atoms with Gasteiger partial charge in [-0.2, -0.15) is 0 Å². The Hall–Kier alpha value is -1.39. The molecule has 0 aliphatic heterocycles. The number of halogens is 5. The predicted octanol–water partition coefficient (Wildman–Crippen LogP) is 2.91. The minimum absolute atomic E-state index is 0.0155. The maximum Gasteiger partial charge on any atom is 0.337 e. The van der Waals surface area contributed by atoms with Crippen LogP contribution in [0.5, 0.6) is 0 Å². The Kier molecular flexibility index (Phi) is 3.58. The Bertz CT molecular complexity index is 530. The van der Waals surface area contributed by atoms with Crippen molar-refractivity contribution >= 4 is 16.2 Å². The first-order valence-electron chi connectivity index (χ1n) is 5.04. The molecule has 2 unspecified atom stereocenters. The lowest BCUT2D eigenvalue weighted by Crippen LogP contribution is -2.29. The summed E-state index contributed by atoms with van der Waals surface area (Å²) in [6.45, 7) is 0. The van der Waals surface area contributed by atoms with E-state index >= 15 is 0 Å². The summed E-state index contributed by atoms with van der Waals surface area (Å²) in [5.74, 6) is -1.31. The van der Waals surface area contributed by atoms with Gasteiger partial charge in [0, 0.05) is 0 Å². The number of carbonyl (C=O) groups is 1. The van der Waals surface area contributed by atoms with Crippen LogP contribution in [-0.4, -0.2) is 29.4 Å². The van der Waals surface area contributed by atoms with Gasteiger partial charge in [-0.3, -0.25) is 0 Å². The Morgan fingerprint density at radius 1 is 1.20 bits per heavy atom. The molecule has 0 aromatic heterocycles. The first-order chi connectivity index (χ1) is 8.76. The van der Waals surface area contributed by atoms with Gasteiger partial charge in [-0.25, -0.2) is 4.79 Å². The van der Waals surface area contributed by atoms with Crippen LogP contribution in [0.15, 0.2) is 29.2 Å². The quantitative estimate of drug-likeness (QED) is 0.661. The van der Waals surface area contributed by atoms with Crippen molar-refractivity contribution in [2.24, 2.45) is 0 Å². The van der Waals surface area contributed by atoms with E-state index in [2.05, 4.69) is 4.74 Å². The van der Waals surface area contributed by atoms with Gasteiger partial charge in [0.25, 0.3) is 0 Å². The second-order valence-electron chi connectivity index (χ2n) is 3.95. The summed E-state index contributed by atoms with van der Waals surface area (Å²) in [6.07, 6.45) is -4.31. The normalized spacial score (nSPS) is 18.6. The van der Waals surface area contributed by atoms with Gasteiger partial charge >= 0.3 is 16.2 Å². The van der Waals surface area contributed by atoms with Gasteiger partial charge in [-0.05, 0) is 17.7 Å². The monoisotopic (exact) mass is 322 g/mol. The zero-order valence-corrected chi connectivity index (χ0v) is 10.8. The van der Waals surface area contributed by atoms with Gasteiger partial charge in [-0.1, -0.05) is 31.6 Å². The molecule has 0 bridgehead atoms. The van der Waals surface area contributed by atoms with E-state index in [4.69, 9.17) is 0 Å². The number of benzene rings is 1. The van der Waals surface area contributed by atoms with Gasteiger partial charge < -0.3 is 14.9 Å². The molecule has 1 aromatic rings. The first kappa shape index (κ1) is 16.7. The molecule has 0 heterocycles. The smallest absolute Gasteiger partial charge is 0.337 e. The van der Waals surface area contributed by atoms with Crippen molar-refractivity contribution < 1.29 is 39.2 Å². The molecule has 0 fully saturated rings. The van der Waals surface area contributed by atoms with E-state index in [1.165, 1.54) is 0 Å². The van der Waals surface area contributed by atoms with E-state index in [1.54, 1.807) is 0 Å². The number of hydrogen-bond donors (Lipinski definition) is 2. The molecule has 0 amide bonds. The summed E-state index contributed by atoms with van der Waals surface area (Å²) >= 11 is 0. The second kappa shape index (κ2) is 4.30. The molecular formula is C10H11F5O4S. The molecule has 116 valence electrons. The summed E-state index contributed by atoms with van der Waals surface area (Å²) < 4.78 is 67.0. The SMILES string of the molecule is COC(=O)C(O)C(O)c1cccc(S(F)(F)(F)(F)F)c1. The third kappa shape index (κ3) is 3.81. The van der Waals surface area contributed by atoms with E-state index in [0.717, 1.165) is 13.2 Å². The topological polar surface area (TPSA) is 66.8 Å². The zero-order valence-electron chi connectivity index (χ0n) is 9.97. The molecular weight excluding hydrogens is 311 g/mol.